The van der Waals surface area contributed by atoms with E-state index in [1.165, 1.54) is 11.9 Å². The van der Waals surface area contributed by atoms with E-state index in [4.69, 9.17) is 39.9 Å². The van der Waals surface area contributed by atoms with Crippen molar-refractivity contribution in [3.8, 4) is 11.3 Å². The molecule has 0 saturated carbocycles. The van der Waals surface area contributed by atoms with Crippen molar-refractivity contribution in [3.63, 3.8) is 0 Å². The van der Waals surface area contributed by atoms with Gasteiger partial charge in [-0.2, -0.15) is 10.1 Å². The van der Waals surface area contributed by atoms with Gasteiger partial charge in [-0.1, -0.05) is 25.1 Å². The number of pyridine rings is 1. The lowest BCUT2D eigenvalue weighted by molar-refractivity contribution is -0.133. The summed E-state index contributed by atoms with van der Waals surface area (Å²) >= 11 is 0. The molecule has 16 nitrogen and oxygen atoms in total. The topological polar surface area (TPSA) is 209 Å². The maximum atomic E-state index is 12.9. The summed E-state index contributed by atoms with van der Waals surface area (Å²) in [5.74, 6) is 0.643. The quantitative estimate of drug-likeness (QED) is 0.111. The van der Waals surface area contributed by atoms with Crippen LogP contribution in [0.5, 0.6) is 0 Å². The standard InChI is InChI=1S/C36H45N9O7/c1-2-28(46)4-3-10-48-12-14-50-16-17-51-15-13-49-11-8-30(47)44-9-7-25-18-24(5-6-26(25)22-44)21-45-34-31(33(37)40-23-41-34)32(43-45)27-19-29-35(39-20-27)52-36(38)42-29/h5-6,18-20,23H,2-4,7-17,21-22H2,1H3,(H2,38,42)(H2,37,40,41). The van der Waals surface area contributed by atoms with Crippen molar-refractivity contribution in [1.29, 1.82) is 0 Å². The number of carbonyl (C=O) groups is 2. The Bertz CT molecular complexity index is 1980. The summed E-state index contributed by atoms with van der Waals surface area (Å²) in [5.41, 5.74) is 18.1. The van der Waals surface area contributed by atoms with E-state index in [1.54, 1.807) is 12.3 Å². The Morgan fingerprint density at radius 2 is 1.63 bits per heavy atom. The van der Waals surface area contributed by atoms with Gasteiger partial charge in [0.25, 0.3) is 6.01 Å². The van der Waals surface area contributed by atoms with Crippen LogP contribution in [-0.4, -0.2) is 106 Å². The van der Waals surface area contributed by atoms with Crippen LogP contribution in [0, 0.1) is 0 Å². The normalized spacial score (nSPS) is 12.9. The zero-order valence-electron chi connectivity index (χ0n) is 29.4. The average molecular weight is 716 g/mol. The second-order valence-corrected chi connectivity index (χ2v) is 12.4. The molecule has 0 bridgehead atoms. The number of aromatic nitrogens is 6. The number of nitrogen functional groups attached to an aromatic ring is 2. The van der Waals surface area contributed by atoms with Gasteiger partial charge in [0, 0.05) is 44.3 Å². The minimum atomic E-state index is 0.0380. The number of rotatable bonds is 20. The molecule has 0 fully saturated rings. The van der Waals surface area contributed by atoms with Gasteiger partial charge in [0.15, 0.2) is 5.65 Å². The van der Waals surface area contributed by atoms with Crippen LogP contribution in [0.2, 0.25) is 0 Å². The number of nitrogens with zero attached hydrogens (tertiary/aromatic N) is 7. The van der Waals surface area contributed by atoms with Crippen LogP contribution < -0.4 is 11.5 Å². The number of nitrogens with two attached hydrogens (primary N) is 2. The second-order valence-electron chi connectivity index (χ2n) is 12.4. The van der Waals surface area contributed by atoms with Gasteiger partial charge in [0.2, 0.25) is 11.6 Å². The van der Waals surface area contributed by atoms with Crippen molar-refractivity contribution >= 4 is 45.8 Å². The fourth-order valence-corrected chi connectivity index (χ4v) is 6.03. The Morgan fingerprint density at radius 1 is 0.885 bits per heavy atom. The molecule has 0 saturated heterocycles. The molecule has 1 aliphatic heterocycles. The predicted molar refractivity (Wildman–Crippen MR) is 192 cm³/mol. The van der Waals surface area contributed by atoms with Crippen LogP contribution in [0.15, 0.2) is 41.2 Å². The van der Waals surface area contributed by atoms with Gasteiger partial charge in [0.05, 0.1) is 64.6 Å². The summed E-state index contributed by atoms with van der Waals surface area (Å²) in [4.78, 5) is 43.3. The fourth-order valence-electron chi connectivity index (χ4n) is 6.03. The lowest BCUT2D eigenvalue weighted by Gasteiger charge is -2.29. The van der Waals surface area contributed by atoms with Gasteiger partial charge in [-0.15, -0.1) is 0 Å². The number of benzene rings is 1. The average Bonchev–Trinajstić information content (AvgIpc) is 3.72. The van der Waals surface area contributed by atoms with Gasteiger partial charge in [0.1, 0.15) is 29.1 Å². The fraction of sp³-hybridized carbons (Fsp3) is 0.472. The number of ketones is 1. The molecule has 4 N–H and O–H groups in total. The lowest BCUT2D eigenvalue weighted by Crippen LogP contribution is -2.36. The largest absolute Gasteiger partial charge is 0.405 e. The molecule has 276 valence electrons. The van der Waals surface area contributed by atoms with Crippen molar-refractivity contribution < 1.29 is 33.0 Å². The third kappa shape index (κ3) is 9.44. The Kier molecular flexibility index (Phi) is 12.7. The van der Waals surface area contributed by atoms with E-state index < -0.39 is 0 Å². The monoisotopic (exact) mass is 715 g/mol. The van der Waals surface area contributed by atoms with E-state index >= 15 is 0 Å². The molecular weight excluding hydrogens is 670 g/mol. The first-order valence-corrected chi connectivity index (χ1v) is 17.6. The highest BCUT2D eigenvalue weighted by Crippen LogP contribution is 2.32. The van der Waals surface area contributed by atoms with Gasteiger partial charge in [-0.25, -0.2) is 19.6 Å². The number of hydrogen-bond donors (Lipinski definition) is 2. The minimum absolute atomic E-state index is 0.0380. The SMILES string of the molecule is CCC(=O)CCCOCCOCCOCCOCCC(=O)N1CCc2cc(Cn3nc(-c4cnc5oc(N)nc5c4)c4c(N)ncnc43)ccc2C1. The molecular formula is C36H45N9O7. The predicted octanol–water partition coefficient (Wildman–Crippen LogP) is 3.34. The second kappa shape index (κ2) is 17.9. The number of hydrogen-bond acceptors (Lipinski definition) is 14. The van der Waals surface area contributed by atoms with Crippen LogP contribution in [0.25, 0.3) is 33.5 Å². The summed E-state index contributed by atoms with van der Waals surface area (Å²) < 4.78 is 29.2. The summed E-state index contributed by atoms with van der Waals surface area (Å²) in [6, 6.07) is 8.14. The molecule has 5 aromatic rings. The summed E-state index contributed by atoms with van der Waals surface area (Å²) in [6.45, 7) is 7.19. The molecule has 1 aliphatic rings. The highest BCUT2D eigenvalue weighted by Gasteiger charge is 2.22. The first-order chi connectivity index (χ1) is 25.4. The minimum Gasteiger partial charge on any atom is -0.405 e. The van der Waals surface area contributed by atoms with Gasteiger partial charge in [-0.05, 0) is 35.6 Å². The molecule has 1 aromatic carbocycles. The van der Waals surface area contributed by atoms with Crippen LogP contribution in [0.1, 0.15) is 49.3 Å². The molecule has 0 aliphatic carbocycles. The van der Waals surface area contributed by atoms with Crippen molar-refractivity contribution in [2.24, 2.45) is 0 Å². The number of Topliss-reactive ketones (excluding diaryl/α,β-unsaturated/α-hetero) is 1. The maximum Gasteiger partial charge on any atom is 0.294 e. The summed E-state index contributed by atoms with van der Waals surface area (Å²) in [5, 5.41) is 5.50. The molecule has 16 heteroatoms. The van der Waals surface area contributed by atoms with Crippen molar-refractivity contribution in [1.82, 2.24) is 34.6 Å². The van der Waals surface area contributed by atoms with Crippen LogP contribution in [0.4, 0.5) is 11.8 Å². The van der Waals surface area contributed by atoms with Gasteiger partial charge in [-0.3, -0.25) is 9.59 Å². The summed E-state index contributed by atoms with van der Waals surface area (Å²) in [6.07, 6.45) is 6.03. The van der Waals surface area contributed by atoms with Crippen molar-refractivity contribution in [2.75, 3.05) is 70.9 Å². The number of amides is 1. The van der Waals surface area contributed by atoms with Crippen LogP contribution in [-0.2, 0) is 48.0 Å². The molecule has 5 heterocycles. The summed E-state index contributed by atoms with van der Waals surface area (Å²) in [7, 11) is 0. The van der Waals surface area contributed by atoms with E-state index in [9.17, 15) is 9.59 Å². The molecule has 1 amide bonds. The highest BCUT2D eigenvalue weighted by atomic mass is 16.6. The first kappa shape index (κ1) is 36.8. The van der Waals surface area contributed by atoms with Crippen molar-refractivity contribution in [3.05, 3.63) is 53.5 Å². The highest BCUT2D eigenvalue weighted by molar-refractivity contribution is 5.99. The number of ether oxygens (including phenoxy) is 4. The molecule has 0 atom stereocenters. The third-order valence-corrected chi connectivity index (χ3v) is 8.78. The molecule has 0 unspecified atom stereocenters. The lowest BCUT2D eigenvalue weighted by atomic mass is 9.97. The molecule has 6 rings (SSSR count). The van der Waals surface area contributed by atoms with Crippen LogP contribution in [0.3, 0.4) is 0 Å². The maximum absolute atomic E-state index is 12.9. The molecule has 4 aromatic heterocycles. The smallest absolute Gasteiger partial charge is 0.294 e. The van der Waals surface area contributed by atoms with E-state index in [0.717, 1.165) is 24.0 Å². The molecule has 0 radical (unpaired) electrons. The number of oxazole rings is 1. The zero-order chi connectivity index (χ0) is 36.3. The van der Waals surface area contributed by atoms with Crippen molar-refractivity contribution in [2.45, 2.75) is 52.1 Å². The first-order valence-electron chi connectivity index (χ1n) is 17.6. The molecule has 0 spiro atoms. The Morgan fingerprint density at radius 3 is 2.40 bits per heavy atom. The van der Waals surface area contributed by atoms with Crippen LogP contribution >= 0.6 is 0 Å². The number of anilines is 2. The Labute approximate surface area is 300 Å². The number of carbonyl (C=O) groups excluding carboxylic acids is 2. The van der Waals surface area contributed by atoms with E-state index in [2.05, 4.69) is 38.1 Å². The zero-order valence-corrected chi connectivity index (χ0v) is 29.4. The van der Waals surface area contributed by atoms with Gasteiger partial charge < -0.3 is 39.7 Å². The van der Waals surface area contributed by atoms with E-state index in [-0.39, 0.29) is 17.7 Å². The Hall–Kier alpha value is -5.03. The van der Waals surface area contributed by atoms with E-state index in [0.29, 0.717) is 131 Å². The van der Waals surface area contributed by atoms with Gasteiger partial charge >= 0.3 is 0 Å². The number of fused-ring (bicyclic) bond motifs is 3. The Balaban J connectivity index is 0.916. The van der Waals surface area contributed by atoms with E-state index in [1.807, 2.05) is 16.5 Å². The third-order valence-electron chi connectivity index (χ3n) is 8.78. The molecule has 52 heavy (non-hydrogen) atoms.